The minimum atomic E-state index is -0.480. The Kier molecular flexibility index (Phi) is 4.34. The van der Waals surface area contributed by atoms with Crippen LogP contribution in [-0.4, -0.2) is 40.0 Å². The Balaban J connectivity index is 2.28. The maximum atomic E-state index is 12.4. The summed E-state index contributed by atoms with van der Waals surface area (Å²) in [5.41, 5.74) is 0.792. The van der Waals surface area contributed by atoms with Crippen LogP contribution >= 0.6 is 0 Å². The number of likely N-dealkylation sites (tertiary alicyclic amines) is 1. The Labute approximate surface area is 117 Å². The summed E-state index contributed by atoms with van der Waals surface area (Å²) in [7, 11) is 0. The van der Waals surface area contributed by atoms with E-state index in [1.165, 1.54) is 6.07 Å². The monoisotopic (exact) mass is 278 g/mol. The summed E-state index contributed by atoms with van der Waals surface area (Å²) in [5.74, 6) is -0.244. The molecule has 0 radical (unpaired) electrons. The highest BCUT2D eigenvalue weighted by molar-refractivity contribution is 5.95. The number of nitro groups is 1. The minimum absolute atomic E-state index is 0.0478. The van der Waals surface area contributed by atoms with Gasteiger partial charge < -0.3 is 10.0 Å². The first-order valence-corrected chi connectivity index (χ1v) is 6.71. The smallest absolute Gasteiger partial charge is 0.273 e. The van der Waals surface area contributed by atoms with Crippen molar-refractivity contribution < 1.29 is 14.8 Å². The highest BCUT2D eigenvalue weighted by Gasteiger charge is 2.27. The third-order valence-electron chi connectivity index (χ3n) is 3.75. The topological polar surface area (TPSA) is 83.7 Å². The van der Waals surface area contributed by atoms with E-state index < -0.39 is 4.92 Å². The predicted octanol–water partition coefficient (Wildman–Crippen LogP) is 1.89. The van der Waals surface area contributed by atoms with Gasteiger partial charge in [-0.1, -0.05) is 6.07 Å². The Morgan fingerprint density at radius 3 is 2.90 bits per heavy atom. The van der Waals surface area contributed by atoms with Crippen molar-refractivity contribution in [3.8, 4) is 0 Å². The molecule has 0 aliphatic carbocycles. The van der Waals surface area contributed by atoms with Gasteiger partial charge >= 0.3 is 0 Å². The standard InChI is InChI=1S/C14H18N2O4/c1-10-5-6-11(8-13(10)16(19)20)14(18)15-7-3-2-4-12(15)9-17/h5-6,8,12,17H,2-4,7,9H2,1H3. The van der Waals surface area contributed by atoms with E-state index in [9.17, 15) is 20.0 Å². The van der Waals surface area contributed by atoms with Gasteiger partial charge in [0.15, 0.2) is 0 Å². The first-order chi connectivity index (χ1) is 9.54. The molecule has 6 heteroatoms. The van der Waals surface area contributed by atoms with Crippen molar-refractivity contribution in [3.05, 3.63) is 39.4 Å². The van der Waals surface area contributed by atoms with Gasteiger partial charge in [-0.05, 0) is 32.3 Å². The number of aliphatic hydroxyl groups excluding tert-OH is 1. The molecule has 1 heterocycles. The van der Waals surface area contributed by atoms with Gasteiger partial charge in [0.2, 0.25) is 0 Å². The van der Waals surface area contributed by atoms with Crippen molar-refractivity contribution in [2.45, 2.75) is 32.2 Å². The molecule has 1 atom stereocenters. The summed E-state index contributed by atoms with van der Waals surface area (Å²) >= 11 is 0. The summed E-state index contributed by atoms with van der Waals surface area (Å²) in [6, 6.07) is 4.33. The van der Waals surface area contributed by atoms with Gasteiger partial charge in [0.25, 0.3) is 11.6 Å². The lowest BCUT2D eigenvalue weighted by Crippen LogP contribution is -2.45. The van der Waals surface area contributed by atoms with Crippen LogP contribution in [0.15, 0.2) is 18.2 Å². The van der Waals surface area contributed by atoms with Crippen molar-refractivity contribution in [3.63, 3.8) is 0 Å². The predicted molar refractivity (Wildman–Crippen MR) is 73.6 cm³/mol. The Bertz CT molecular complexity index is 530. The van der Waals surface area contributed by atoms with Gasteiger partial charge in [0, 0.05) is 23.7 Å². The van der Waals surface area contributed by atoms with Crippen molar-refractivity contribution in [1.82, 2.24) is 4.90 Å². The second kappa shape index (κ2) is 6.00. The number of benzene rings is 1. The lowest BCUT2D eigenvalue weighted by molar-refractivity contribution is -0.385. The SMILES string of the molecule is Cc1ccc(C(=O)N2CCCCC2CO)cc1[N+](=O)[O-]. The molecule has 1 aliphatic heterocycles. The number of nitro benzene ring substituents is 1. The van der Waals surface area contributed by atoms with Crippen molar-refractivity contribution in [2.75, 3.05) is 13.2 Å². The van der Waals surface area contributed by atoms with Crippen LogP contribution in [0.2, 0.25) is 0 Å². The molecule has 108 valence electrons. The van der Waals surface area contributed by atoms with E-state index in [4.69, 9.17) is 0 Å². The summed E-state index contributed by atoms with van der Waals surface area (Å²) < 4.78 is 0. The molecular formula is C14H18N2O4. The van der Waals surface area contributed by atoms with Crippen LogP contribution in [0, 0.1) is 17.0 Å². The minimum Gasteiger partial charge on any atom is -0.394 e. The normalized spacial score (nSPS) is 18.9. The molecule has 1 saturated heterocycles. The fourth-order valence-corrected chi connectivity index (χ4v) is 2.56. The molecule has 1 N–H and O–H groups in total. The first kappa shape index (κ1) is 14.5. The molecule has 2 rings (SSSR count). The van der Waals surface area contributed by atoms with Crippen LogP contribution < -0.4 is 0 Å². The number of amides is 1. The molecule has 1 fully saturated rings. The van der Waals surface area contributed by atoms with Crippen LogP contribution in [0.1, 0.15) is 35.2 Å². The van der Waals surface area contributed by atoms with Crippen LogP contribution in [0.3, 0.4) is 0 Å². The molecular weight excluding hydrogens is 260 g/mol. The average molecular weight is 278 g/mol. The summed E-state index contributed by atoms with van der Waals surface area (Å²) in [5, 5.41) is 20.3. The maximum Gasteiger partial charge on any atom is 0.273 e. The lowest BCUT2D eigenvalue weighted by Gasteiger charge is -2.34. The fraction of sp³-hybridized carbons (Fsp3) is 0.500. The van der Waals surface area contributed by atoms with Crippen LogP contribution in [-0.2, 0) is 0 Å². The molecule has 20 heavy (non-hydrogen) atoms. The van der Waals surface area contributed by atoms with E-state index in [1.807, 2.05) is 0 Å². The maximum absolute atomic E-state index is 12.4. The van der Waals surface area contributed by atoms with E-state index in [-0.39, 0.29) is 24.2 Å². The number of hydrogen-bond acceptors (Lipinski definition) is 4. The third-order valence-corrected chi connectivity index (χ3v) is 3.75. The number of carbonyl (C=O) groups is 1. The first-order valence-electron chi connectivity index (χ1n) is 6.71. The number of piperidine rings is 1. The Morgan fingerprint density at radius 1 is 1.50 bits per heavy atom. The zero-order valence-electron chi connectivity index (χ0n) is 11.4. The zero-order chi connectivity index (χ0) is 14.7. The Morgan fingerprint density at radius 2 is 2.25 bits per heavy atom. The number of aryl methyl sites for hydroxylation is 1. The second-order valence-electron chi connectivity index (χ2n) is 5.09. The molecule has 1 aromatic rings. The van der Waals surface area contributed by atoms with Crippen LogP contribution in [0.25, 0.3) is 0 Å². The van der Waals surface area contributed by atoms with Crippen LogP contribution in [0.5, 0.6) is 0 Å². The molecule has 6 nitrogen and oxygen atoms in total. The van der Waals surface area contributed by atoms with E-state index >= 15 is 0 Å². The molecule has 0 aromatic heterocycles. The van der Waals surface area contributed by atoms with Crippen molar-refractivity contribution in [1.29, 1.82) is 0 Å². The lowest BCUT2D eigenvalue weighted by atomic mass is 10.0. The molecule has 1 amide bonds. The van der Waals surface area contributed by atoms with Gasteiger partial charge in [-0.2, -0.15) is 0 Å². The van der Waals surface area contributed by atoms with E-state index in [0.29, 0.717) is 17.7 Å². The summed E-state index contributed by atoms with van der Waals surface area (Å²) in [6.07, 6.45) is 2.66. The van der Waals surface area contributed by atoms with Gasteiger partial charge in [0.05, 0.1) is 17.6 Å². The fourth-order valence-electron chi connectivity index (χ4n) is 2.56. The third kappa shape index (κ3) is 2.80. The molecule has 1 aliphatic rings. The number of carbonyl (C=O) groups excluding carboxylic acids is 1. The Hall–Kier alpha value is -1.95. The van der Waals surface area contributed by atoms with E-state index in [2.05, 4.69) is 0 Å². The van der Waals surface area contributed by atoms with Gasteiger partial charge in [-0.15, -0.1) is 0 Å². The van der Waals surface area contributed by atoms with Crippen LogP contribution in [0.4, 0.5) is 5.69 Å². The largest absolute Gasteiger partial charge is 0.394 e. The number of rotatable bonds is 3. The quantitative estimate of drug-likeness (QED) is 0.676. The molecule has 0 bridgehead atoms. The summed E-state index contributed by atoms with van der Waals surface area (Å²) in [6.45, 7) is 2.16. The van der Waals surface area contributed by atoms with E-state index in [1.54, 1.807) is 24.0 Å². The zero-order valence-corrected chi connectivity index (χ0v) is 11.4. The van der Waals surface area contributed by atoms with Gasteiger partial charge in [-0.3, -0.25) is 14.9 Å². The van der Waals surface area contributed by atoms with Gasteiger partial charge in [-0.25, -0.2) is 0 Å². The number of hydrogen-bond donors (Lipinski definition) is 1. The van der Waals surface area contributed by atoms with E-state index in [0.717, 1.165) is 19.3 Å². The number of aliphatic hydroxyl groups is 1. The summed E-state index contributed by atoms with van der Waals surface area (Å²) in [4.78, 5) is 24.5. The highest BCUT2D eigenvalue weighted by Crippen LogP contribution is 2.23. The van der Waals surface area contributed by atoms with Crippen molar-refractivity contribution >= 4 is 11.6 Å². The number of nitrogens with zero attached hydrogens (tertiary/aromatic N) is 2. The molecule has 1 unspecified atom stereocenters. The average Bonchev–Trinajstić information content (AvgIpc) is 2.46. The van der Waals surface area contributed by atoms with Crippen molar-refractivity contribution in [2.24, 2.45) is 0 Å². The second-order valence-corrected chi connectivity index (χ2v) is 5.09. The molecule has 0 spiro atoms. The highest BCUT2D eigenvalue weighted by atomic mass is 16.6. The molecule has 0 saturated carbocycles. The molecule has 1 aromatic carbocycles. The van der Waals surface area contributed by atoms with Gasteiger partial charge in [0.1, 0.15) is 0 Å².